The minimum absolute atomic E-state index is 0.134. The Balaban J connectivity index is 2.22. The Morgan fingerprint density at radius 2 is 1.79 bits per heavy atom. The van der Waals surface area contributed by atoms with Crippen LogP contribution in [-0.4, -0.2) is 34.4 Å². The maximum Gasteiger partial charge on any atom is 0.214 e. The second-order valence-electron chi connectivity index (χ2n) is 3.36. The van der Waals surface area contributed by atoms with Crippen molar-refractivity contribution in [2.24, 2.45) is 5.14 Å². The Hall–Kier alpha value is -0.180. The Morgan fingerprint density at radius 3 is 2.21 bits per heavy atom. The fraction of sp³-hybridized carbons (Fsp3) is 1.00. The molecule has 0 aromatic carbocycles. The smallest absolute Gasteiger partial charge is 0.214 e. The summed E-state index contributed by atoms with van der Waals surface area (Å²) in [5.41, 5.74) is 0. The number of nitrogens with two attached hydrogens (primary N) is 1. The fourth-order valence-electron chi connectivity index (χ4n) is 0.984. The number of primary sulfonamides is 1. The van der Waals surface area contributed by atoms with Crippen molar-refractivity contribution in [3.63, 3.8) is 0 Å². The van der Waals surface area contributed by atoms with Gasteiger partial charge in [0.15, 0.2) is 0 Å². The molecular weight excluding hydrogens is 228 g/mol. The summed E-state index contributed by atoms with van der Waals surface area (Å²) in [6.07, 6.45) is 1.61. The molecule has 0 aromatic heterocycles. The first-order valence-electron chi connectivity index (χ1n) is 4.30. The normalized spacial score (nSPS) is 18.4. The molecule has 1 aliphatic rings. The first-order chi connectivity index (χ1) is 6.31. The highest BCUT2D eigenvalue weighted by molar-refractivity contribution is 7.90. The number of hydrogen-bond acceptors (Lipinski definition) is 4. The molecule has 0 aliphatic heterocycles. The molecule has 0 aromatic rings. The largest absolute Gasteiger partial charge is 0.229 e. The molecule has 0 saturated heterocycles. The molecule has 1 rings (SSSR count). The molecule has 0 bridgehead atoms. The second kappa shape index (κ2) is 4.13. The molecule has 1 aliphatic carbocycles. The van der Waals surface area contributed by atoms with Gasteiger partial charge in [0.2, 0.25) is 20.0 Å². The maximum absolute atomic E-state index is 11.2. The summed E-state index contributed by atoms with van der Waals surface area (Å²) in [6.45, 7) is 0.134. The van der Waals surface area contributed by atoms with E-state index in [9.17, 15) is 16.8 Å². The lowest BCUT2D eigenvalue weighted by molar-refractivity contribution is 0.575. The highest BCUT2D eigenvalue weighted by Gasteiger charge is 2.35. The third-order valence-corrected chi connectivity index (χ3v) is 4.69. The monoisotopic (exact) mass is 242 g/mol. The van der Waals surface area contributed by atoms with Crippen molar-refractivity contribution in [2.75, 3.05) is 12.3 Å². The standard InChI is InChI=1S/C6H14N2O4S2/c7-13(9,10)5-1-4-8-14(11,12)6-2-3-6/h6,8H,1-5H2,(H2,7,9,10). The van der Waals surface area contributed by atoms with Gasteiger partial charge in [-0.15, -0.1) is 0 Å². The summed E-state index contributed by atoms with van der Waals surface area (Å²) >= 11 is 0. The fourth-order valence-corrected chi connectivity index (χ4v) is 2.95. The van der Waals surface area contributed by atoms with E-state index in [1.54, 1.807) is 0 Å². The summed E-state index contributed by atoms with van der Waals surface area (Å²) < 4.78 is 45.8. The molecular formula is C6H14N2O4S2. The molecule has 14 heavy (non-hydrogen) atoms. The van der Waals surface area contributed by atoms with Crippen LogP contribution in [0.15, 0.2) is 0 Å². The second-order valence-corrected chi connectivity index (χ2v) is 7.14. The van der Waals surface area contributed by atoms with Crippen LogP contribution in [0.4, 0.5) is 0 Å². The summed E-state index contributed by atoms with van der Waals surface area (Å²) in [6, 6.07) is 0. The average molecular weight is 242 g/mol. The van der Waals surface area contributed by atoms with E-state index in [1.807, 2.05) is 0 Å². The number of nitrogens with one attached hydrogen (secondary N) is 1. The molecule has 3 N–H and O–H groups in total. The van der Waals surface area contributed by atoms with Crippen LogP contribution in [0.3, 0.4) is 0 Å². The molecule has 0 radical (unpaired) electrons. The van der Waals surface area contributed by atoms with Gasteiger partial charge in [0, 0.05) is 6.54 Å². The van der Waals surface area contributed by atoms with Crippen LogP contribution in [0.25, 0.3) is 0 Å². The molecule has 1 fully saturated rings. The van der Waals surface area contributed by atoms with Gasteiger partial charge in [-0.25, -0.2) is 26.7 Å². The van der Waals surface area contributed by atoms with Crippen molar-refractivity contribution in [2.45, 2.75) is 24.5 Å². The highest BCUT2D eigenvalue weighted by Crippen LogP contribution is 2.27. The van der Waals surface area contributed by atoms with Crippen molar-refractivity contribution in [3.8, 4) is 0 Å². The van der Waals surface area contributed by atoms with E-state index in [0.717, 1.165) is 0 Å². The van der Waals surface area contributed by atoms with Gasteiger partial charge >= 0.3 is 0 Å². The predicted molar refractivity (Wildman–Crippen MR) is 52.5 cm³/mol. The predicted octanol–water partition coefficient (Wildman–Crippen LogP) is -1.25. The zero-order valence-electron chi connectivity index (χ0n) is 7.64. The van der Waals surface area contributed by atoms with E-state index < -0.39 is 20.0 Å². The van der Waals surface area contributed by atoms with Crippen LogP contribution < -0.4 is 9.86 Å². The van der Waals surface area contributed by atoms with Gasteiger partial charge in [-0.1, -0.05) is 0 Å². The Morgan fingerprint density at radius 1 is 1.21 bits per heavy atom. The third kappa shape index (κ3) is 4.36. The Kier molecular flexibility index (Phi) is 3.51. The van der Waals surface area contributed by atoms with Gasteiger partial charge in [-0.05, 0) is 19.3 Å². The number of rotatable bonds is 6. The van der Waals surface area contributed by atoms with Crippen molar-refractivity contribution < 1.29 is 16.8 Å². The lowest BCUT2D eigenvalue weighted by Gasteiger charge is -2.03. The van der Waals surface area contributed by atoms with E-state index in [-0.39, 0.29) is 24.0 Å². The molecule has 0 heterocycles. The van der Waals surface area contributed by atoms with Gasteiger partial charge in [0.05, 0.1) is 11.0 Å². The third-order valence-electron chi connectivity index (χ3n) is 1.87. The van der Waals surface area contributed by atoms with Gasteiger partial charge in [0.25, 0.3) is 0 Å². The van der Waals surface area contributed by atoms with Gasteiger partial charge in [0.1, 0.15) is 0 Å². The van der Waals surface area contributed by atoms with Crippen LogP contribution in [-0.2, 0) is 20.0 Å². The molecule has 1 saturated carbocycles. The summed E-state index contributed by atoms with van der Waals surface area (Å²) in [5.74, 6) is -0.194. The number of sulfonamides is 2. The van der Waals surface area contributed by atoms with Crippen molar-refractivity contribution >= 4 is 20.0 Å². The topological polar surface area (TPSA) is 106 Å². The van der Waals surface area contributed by atoms with E-state index in [1.165, 1.54) is 0 Å². The molecule has 6 nitrogen and oxygen atoms in total. The highest BCUT2D eigenvalue weighted by atomic mass is 32.2. The van der Waals surface area contributed by atoms with Crippen LogP contribution in [0, 0.1) is 0 Å². The number of hydrogen-bond donors (Lipinski definition) is 2. The van der Waals surface area contributed by atoms with Gasteiger partial charge in [-0.3, -0.25) is 0 Å². The first-order valence-corrected chi connectivity index (χ1v) is 7.56. The molecule has 0 atom stereocenters. The van der Waals surface area contributed by atoms with Crippen molar-refractivity contribution in [1.82, 2.24) is 4.72 Å². The van der Waals surface area contributed by atoms with Crippen molar-refractivity contribution in [1.29, 1.82) is 0 Å². The van der Waals surface area contributed by atoms with E-state index >= 15 is 0 Å². The van der Waals surface area contributed by atoms with Gasteiger partial charge < -0.3 is 0 Å². The van der Waals surface area contributed by atoms with Crippen LogP contribution in [0.2, 0.25) is 0 Å². The van der Waals surface area contributed by atoms with Crippen LogP contribution in [0.1, 0.15) is 19.3 Å². The van der Waals surface area contributed by atoms with Crippen LogP contribution >= 0.6 is 0 Å². The first kappa shape index (κ1) is 11.9. The Bertz CT molecular complexity index is 382. The molecule has 0 amide bonds. The summed E-state index contributed by atoms with van der Waals surface area (Å²) in [7, 11) is -6.67. The molecule has 8 heteroatoms. The minimum Gasteiger partial charge on any atom is -0.229 e. The SMILES string of the molecule is NS(=O)(=O)CCCNS(=O)(=O)C1CC1. The lowest BCUT2D eigenvalue weighted by atomic mass is 10.5. The van der Waals surface area contributed by atoms with Gasteiger partial charge in [-0.2, -0.15) is 0 Å². The van der Waals surface area contributed by atoms with Crippen LogP contribution in [0.5, 0.6) is 0 Å². The van der Waals surface area contributed by atoms with E-state index in [4.69, 9.17) is 5.14 Å². The quantitative estimate of drug-likeness (QED) is 0.567. The summed E-state index contributed by atoms with van der Waals surface area (Å²) in [5, 5.41) is 4.49. The zero-order chi connectivity index (χ0) is 10.8. The minimum atomic E-state index is -3.48. The lowest BCUT2D eigenvalue weighted by Crippen LogP contribution is -2.30. The molecule has 0 unspecified atom stereocenters. The average Bonchev–Trinajstić information content (AvgIpc) is 2.78. The molecule has 0 spiro atoms. The summed E-state index contributed by atoms with van der Waals surface area (Å²) in [4.78, 5) is 0. The maximum atomic E-state index is 11.2. The zero-order valence-corrected chi connectivity index (χ0v) is 9.27. The van der Waals surface area contributed by atoms with E-state index in [2.05, 4.69) is 4.72 Å². The van der Waals surface area contributed by atoms with E-state index in [0.29, 0.717) is 12.8 Å². The molecule has 84 valence electrons. The van der Waals surface area contributed by atoms with Crippen molar-refractivity contribution in [3.05, 3.63) is 0 Å². The Labute approximate surface area is 84.0 Å².